The third kappa shape index (κ3) is 1.11. The van der Waals surface area contributed by atoms with Gasteiger partial charge in [-0.3, -0.25) is 0 Å². The van der Waals surface area contributed by atoms with Crippen LogP contribution in [0.1, 0.15) is 5.69 Å². The number of rotatable bonds is 1. The zero-order chi connectivity index (χ0) is 11.1. The molecular formula is C13H13N3. The highest BCUT2D eigenvalue weighted by Crippen LogP contribution is 2.31. The van der Waals surface area contributed by atoms with E-state index in [0.717, 1.165) is 11.3 Å². The molecule has 0 aliphatic carbocycles. The van der Waals surface area contributed by atoms with Gasteiger partial charge in [-0.2, -0.15) is 0 Å². The monoisotopic (exact) mass is 211 g/mol. The Kier molecular flexibility index (Phi) is 1.86. The second kappa shape index (κ2) is 3.23. The van der Waals surface area contributed by atoms with Crippen LogP contribution in [0.2, 0.25) is 0 Å². The number of nitrogens with zero attached hydrogens (tertiary/aromatic N) is 2. The number of nitrogens with one attached hydrogen (secondary N) is 1. The van der Waals surface area contributed by atoms with Crippen molar-refractivity contribution >= 4 is 11.0 Å². The average molecular weight is 211 g/mol. The summed E-state index contributed by atoms with van der Waals surface area (Å²) < 4.78 is 2.13. The zero-order valence-electron chi connectivity index (χ0n) is 9.36. The molecular weight excluding hydrogens is 198 g/mol. The van der Waals surface area contributed by atoms with Crippen molar-refractivity contribution in [2.75, 3.05) is 0 Å². The molecule has 0 saturated heterocycles. The van der Waals surface area contributed by atoms with Crippen LogP contribution in [0.5, 0.6) is 0 Å². The minimum Gasteiger partial charge on any atom is -0.361 e. The Morgan fingerprint density at radius 3 is 2.88 bits per heavy atom. The predicted octanol–water partition coefficient (Wildman–Crippen LogP) is 2.88. The Morgan fingerprint density at radius 1 is 1.25 bits per heavy atom. The smallest absolute Gasteiger partial charge is 0.140 e. The Morgan fingerprint density at radius 2 is 2.12 bits per heavy atom. The number of hydrogen-bond acceptors (Lipinski definition) is 1. The summed E-state index contributed by atoms with van der Waals surface area (Å²) in [4.78, 5) is 7.68. The maximum Gasteiger partial charge on any atom is 0.140 e. The van der Waals surface area contributed by atoms with Gasteiger partial charge in [0, 0.05) is 41.8 Å². The fourth-order valence-corrected chi connectivity index (χ4v) is 2.21. The standard InChI is InChI=1S/C13H13N3/c1-9-12(11-6-4-7-14-11)10-5-3-8-15-13(10)16(9)2/h3-8,14H,1-2H3. The van der Waals surface area contributed by atoms with Gasteiger partial charge in [-0.1, -0.05) is 0 Å². The first-order valence-corrected chi connectivity index (χ1v) is 5.33. The van der Waals surface area contributed by atoms with E-state index in [2.05, 4.69) is 40.6 Å². The molecule has 0 spiro atoms. The molecule has 0 radical (unpaired) electrons. The molecule has 0 saturated carbocycles. The van der Waals surface area contributed by atoms with Crippen molar-refractivity contribution in [2.45, 2.75) is 6.92 Å². The van der Waals surface area contributed by atoms with Gasteiger partial charge in [0.05, 0.1) is 0 Å². The molecule has 0 bridgehead atoms. The molecule has 0 unspecified atom stereocenters. The van der Waals surface area contributed by atoms with E-state index in [9.17, 15) is 0 Å². The molecule has 3 aromatic heterocycles. The lowest BCUT2D eigenvalue weighted by Gasteiger charge is -1.99. The van der Waals surface area contributed by atoms with E-state index in [1.165, 1.54) is 16.6 Å². The summed E-state index contributed by atoms with van der Waals surface area (Å²) in [7, 11) is 2.05. The van der Waals surface area contributed by atoms with Gasteiger partial charge in [0.25, 0.3) is 0 Å². The van der Waals surface area contributed by atoms with Crippen LogP contribution in [-0.4, -0.2) is 14.5 Å². The van der Waals surface area contributed by atoms with Crippen LogP contribution in [-0.2, 0) is 7.05 Å². The van der Waals surface area contributed by atoms with E-state index in [-0.39, 0.29) is 0 Å². The molecule has 3 heterocycles. The number of hydrogen-bond donors (Lipinski definition) is 1. The highest BCUT2D eigenvalue weighted by molar-refractivity contribution is 5.95. The van der Waals surface area contributed by atoms with Crippen molar-refractivity contribution in [1.29, 1.82) is 0 Å². The predicted molar refractivity (Wildman–Crippen MR) is 65.2 cm³/mol. The van der Waals surface area contributed by atoms with Crippen molar-refractivity contribution in [3.63, 3.8) is 0 Å². The molecule has 0 amide bonds. The normalized spacial score (nSPS) is 11.1. The Bertz CT molecular complexity index is 633. The fraction of sp³-hybridized carbons (Fsp3) is 0.154. The van der Waals surface area contributed by atoms with Gasteiger partial charge in [0.1, 0.15) is 5.65 Å². The van der Waals surface area contributed by atoms with E-state index in [0.29, 0.717) is 0 Å². The van der Waals surface area contributed by atoms with E-state index in [4.69, 9.17) is 0 Å². The summed E-state index contributed by atoms with van der Waals surface area (Å²) in [6.45, 7) is 2.12. The van der Waals surface area contributed by atoms with Gasteiger partial charge in [-0.25, -0.2) is 4.98 Å². The molecule has 0 aromatic carbocycles. The van der Waals surface area contributed by atoms with Crippen molar-refractivity contribution in [2.24, 2.45) is 7.05 Å². The molecule has 16 heavy (non-hydrogen) atoms. The lowest BCUT2D eigenvalue weighted by molar-refractivity contribution is 0.903. The van der Waals surface area contributed by atoms with Crippen LogP contribution in [0, 0.1) is 6.92 Å². The summed E-state index contributed by atoms with van der Waals surface area (Å²) in [5.74, 6) is 0. The van der Waals surface area contributed by atoms with Crippen molar-refractivity contribution in [1.82, 2.24) is 14.5 Å². The summed E-state index contributed by atoms with van der Waals surface area (Å²) >= 11 is 0. The van der Waals surface area contributed by atoms with Crippen LogP contribution in [0.15, 0.2) is 36.7 Å². The van der Waals surface area contributed by atoms with E-state index < -0.39 is 0 Å². The van der Waals surface area contributed by atoms with Crippen molar-refractivity contribution in [3.05, 3.63) is 42.4 Å². The van der Waals surface area contributed by atoms with Crippen LogP contribution in [0.4, 0.5) is 0 Å². The number of aromatic amines is 1. The van der Waals surface area contributed by atoms with E-state index in [1.54, 1.807) is 0 Å². The Hall–Kier alpha value is -2.03. The maximum absolute atomic E-state index is 4.42. The second-order valence-electron chi connectivity index (χ2n) is 3.98. The van der Waals surface area contributed by atoms with Gasteiger partial charge in [0.2, 0.25) is 0 Å². The number of aromatic nitrogens is 3. The highest BCUT2D eigenvalue weighted by Gasteiger charge is 2.14. The summed E-state index contributed by atoms with van der Waals surface area (Å²) in [5.41, 5.74) is 4.66. The van der Waals surface area contributed by atoms with E-state index >= 15 is 0 Å². The van der Waals surface area contributed by atoms with Crippen molar-refractivity contribution in [3.8, 4) is 11.3 Å². The van der Waals surface area contributed by atoms with Gasteiger partial charge >= 0.3 is 0 Å². The molecule has 0 fully saturated rings. The number of H-pyrrole nitrogens is 1. The van der Waals surface area contributed by atoms with Gasteiger partial charge in [-0.15, -0.1) is 0 Å². The number of pyridine rings is 1. The second-order valence-corrected chi connectivity index (χ2v) is 3.98. The van der Waals surface area contributed by atoms with Crippen LogP contribution in [0.25, 0.3) is 22.3 Å². The van der Waals surface area contributed by atoms with Gasteiger partial charge < -0.3 is 9.55 Å². The SMILES string of the molecule is Cc1c(-c2ccc[nH]2)c2cccnc2n1C. The topological polar surface area (TPSA) is 33.6 Å². The van der Waals surface area contributed by atoms with Crippen LogP contribution in [0.3, 0.4) is 0 Å². The lowest BCUT2D eigenvalue weighted by atomic mass is 10.1. The quantitative estimate of drug-likeness (QED) is 0.659. The molecule has 80 valence electrons. The summed E-state index contributed by atoms with van der Waals surface area (Å²) in [6, 6.07) is 8.21. The molecule has 0 atom stereocenters. The molecule has 0 aliphatic rings. The highest BCUT2D eigenvalue weighted by atomic mass is 15.0. The lowest BCUT2D eigenvalue weighted by Crippen LogP contribution is -1.91. The molecule has 3 nitrogen and oxygen atoms in total. The van der Waals surface area contributed by atoms with E-state index in [1.807, 2.05) is 24.5 Å². The molecule has 3 heteroatoms. The number of fused-ring (bicyclic) bond motifs is 1. The largest absolute Gasteiger partial charge is 0.361 e. The minimum absolute atomic E-state index is 1.03. The zero-order valence-corrected chi connectivity index (χ0v) is 9.36. The van der Waals surface area contributed by atoms with Gasteiger partial charge in [0.15, 0.2) is 0 Å². The molecule has 3 aromatic rings. The fourth-order valence-electron chi connectivity index (χ4n) is 2.21. The third-order valence-corrected chi connectivity index (χ3v) is 3.11. The van der Waals surface area contributed by atoms with Crippen molar-refractivity contribution < 1.29 is 0 Å². The Balaban J connectivity index is 2.44. The van der Waals surface area contributed by atoms with Crippen LogP contribution >= 0.6 is 0 Å². The first kappa shape index (κ1) is 9.21. The molecule has 0 aliphatic heterocycles. The average Bonchev–Trinajstić information content (AvgIpc) is 2.89. The number of aryl methyl sites for hydroxylation is 1. The summed E-state index contributed by atoms with van der Waals surface area (Å²) in [6.07, 6.45) is 3.78. The maximum atomic E-state index is 4.42. The van der Waals surface area contributed by atoms with Crippen LogP contribution < -0.4 is 0 Å². The first-order valence-electron chi connectivity index (χ1n) is 5.33. The molecule has 3 rings (SSSR count). The molecule has 1 N–H and O–H groups in total. The first-order chi connectivity index (χ1) is 7.79. The minimum atomic E-state index is 1.03. The third-order valence-electron chi connectivity index (χ3n) is 3.11. The van der Waals surface area contributed by atoms with Gasteiger partial charge in [-0.05, 0) is 31.2 Å². The Labute approximate surface area is 93.7 Å². The summed E-state index contributed by atoms with van der Waals surface area (Å²) in [5, 5.41) is 1.20.